The molecule has 6 nitrogen and oxygen atoms in total. The van der Waals surface area contributed by atoms with Crippen molar-refractivity contribution >= 4 is 23.6 Å². The molecule has 1 aliphatic heterocycles. The second-order valence-electron chi connectivity index (χ2n) is 7.59. The molecule has 1 aromatic carbocycles. The van der Waals surface area contributed by atoms with E-state index in [1.165, 1.54) is 0 Å². The maximum absolute atomic E-state index is 12.2. The quantitative estimate of drug-likeness (QED) is 0.854. The van der Waals surface area contributed by atoms with Crippen LogP contribution in [-0.4, -0.2) is 39.7 Å². The van der Waals surface area contributed by atoms with Crippen LogP contribution in [0, 0.1) is 0 Å². The van der Waals surface area contributed by atoms with Crippen LogP contribution in [0.15, 0.2) is 30.5 Å². The van der Waals surface area contributed by atoms with Gasteiger partial charge in [-0.25, -0.2) is 14.8 Å². The van der Waals surface area contributed by atoms with Crippen LogP contribution in [0.4, 0.5) is 10.7 Å². The number of amides is 1. The number of fused-ring (bicyclic) bond motifs is 1. The first-order valence-electron chi connectivity index (χ1n) is 9.12. The van der Waals surface area contributed by atoms with Gasteiger partial charge in [0, 0.05) is 36.3 Å². The number of halogens is 1. The van der Waals surface area contributed by atoms with Crippen molar-refractivity contribution in [1.29, 1.82) is 0 Å². The largest absolute Gasteiger partial charge is 0.444 e. The van der Waals surface area contributed by atoms with E-state index < -0.39 is 5.60 Å². The minimum Gasteiger partial charge on any atom is -0.444 e. The SMILES string of the molecule is CC(C)(C)OC(=O)N1CCc2nc(NCCc3ccccc3Cl)ncc2C1. The highest BCUT2D eigenvalue weighted by molar-refractivity contribution is 6.31. The number of benzene rings is 1. The van der Waals surface area contributed by atoms with Crippen LogP contribution in [0.25, 0.3) is 0 Å². The smallest absolute Gasteiger partial charge is 0.410 e. The van der Waals surface area contributed by atoms with Gasteiger partial charge in [0.05, 0.1) is 12.2 Å². The number of ether oxygens (including phenoxy) is 1. The fourth-order valence-electron chi connectivity index (χ4n) is 2.89. The molecule has 0 fully saturated rings. The van der Waals surface area contributed by atoms with E-state index in [0.717, 1.165) is 28.3 Å². The summed E-state index contributed by atoms with van der Waals surface area (Å²) >= 11 is 6.18. The maximum Gasteiger partial charge on any atom is 0.410 e. The number of hydrogen-bond acceptors (Lipinski definition) is 5. The molecule has 7 heteroatoms. The number of aromatic nitrogens is 2. The lowest BCUT2D eigenvalue weighted by Gasteiger charge is -2.30. The highest BCUT2D eigenvalue weighted by Gasteiger charge is 2.26. The normalized spacial score (nSPS) is 13.9. The summed E-state index contributed by atoms with van der Waals surface area (Å²) in [7, 11) is 0. The lowest BCUT2D eigenvalue weighted by Crippen LogP contribution is -2.40. The molecule has 2 heterocycles. The molecule has 0 radical (unpaired) electrons. The van der Waals surface area contributed by atoms with Gasteiger partial charge in [-0.1, -0.05) is 29.8 Å². The van der Waals surface area contributed by atoms with Gasteiger partial charge in [0.25, 0.3) is 0 Å². The number of carbonyl (C=O) groups is 1. The van der Waals surface area contributed by atoms with E-state index in [1.54, 1.807) is 11.1 Å². The molecule has 0 bridgehead atoms. The third-order valence-corrected chi connectivity index (χ3v) is 4.59. The first kappa shape index (κ1) is 19.4. The number of nitrogens with zero attached hydrogens (tertiary/aromatic N) is 3. The van der Waals surface area contributed by atoms with Gasteiger partial charge in [-0.3, -0.25) is 0 Å². The number of rotatable bonds is 4. The Morgan fingerprint density at radius 1 is 1.33 bits per heavy atom. The molecule has 27 heavy (non-hydrogen) atoms. The summed E-state index contributed by atoms with van der Waals surface area (Å²) in [6.07, 6.45) is 2.98. The number of hydrogen-bond donors (Lipinski definition) is 1. The zero-order chi connectivity index (χ0) is 19.4. The van der Waals surface area contributed by atoms with Gasteiger partial charge in [0.15, 0.2) is 0 Å². The number of carbonyl (C=O) groups excluding carboxylic acids is 1. The third-order valence-electron chi connectivity index (χ3n) is 4.22. The van der Waals surface area contributed by atoms with Gasteiger partial charge >= 0.3 is 6.09 Å². The fraction of sp³-hybridized carbons (Fsp3) is 0.450. The summed E-state index contributed by atoms with van der Waals surface area (Å²) in [5, 5.41) is 4.02. The molecule has 0 spiro atoms. The first-order valence-corrected chi connectivity index (χ1v) is 9.49. The average Bonchev–Trinajstić information content (AvgIpc) is 2.61. The van der Waals surface area contributed by atoms with Crippen LogP contribution in [0.3, 0.4) is 0 Å². The monoisotopic (exact) mass is 388 g/mol. The van der Waals surface area contributed by atoms with Crippen LogP contribution in [0.2, 0.25) is 5.02 Å². The van der Waals surface area contributed by atoms with Crippen LogP contribution < -0.4 is 5.32 Å². The van der Waals surface area contributed by atoms with Gasteiger partial charge in [-0.05, 0) is 38.8 Å². The summed E-state index contributed by atoms with van der Waals surface area (Å²) < 4.78 is 5.44. The first-order chi connectivity index (χ1) is 12.8. The van der Waals surface area contributed by atoms with Crippen molar-refractivity contribution in [3.05, 3.63) is 52.3 Å². The fourth-order valence-corrected chi connectivity index (χ4v) is 3.12. The minimum atomic E-state index is -0.497. The van der Waals surface area contributed by atoms with E-state index >= 15 is 0 Å². The highest BCUT2D eigenvalue weighted by atomic mass is 35.5. The average molecular weight is 389 g/mol. The van der Waals surface area contributed by atoms with Crippen molar-refractivity contribution in [1.82, 2.24) is 14.9 Å². The molecule has 1 aromatic heterocycles. The van der Waals surface area contributed by atoms with E-state index in [0.29, 0.717) is 32.0 Å². The molecular formula is C20H25ClN4O2. The van der Waals surface area contributed by atoms with Crippen molar-refractivity contribution in [2.45, 2.75) is 45.8 Å². The third kappa shape index (κ3) is 5.32. The highest BCUT2D eigenvalue weighted by Crippen LogP contribution is 2.20. The minimum absolute atomic E-state index is 0.296. The van der Waals surface area contributed by atoms with E-state index in [1.807, 2.05) is 45.0 Å². The lowest BCUT2D eigenvalue weighted by atomic mass is 10.1. The molecule has 0 saturated carbocycles. The zero-order valence-electron chi connectivity index (χ0n) is 16.0. The van der Waals surface area contributed by atoms with Gasteiger partial charge in [-0.2, -0.15) is 0 Å². The Morgan fingerprint density at radius 2 is 2.11 bits per heavy atom. The number of nitrogens with one attached hydrogen (secondary N) is 1. The molecule has 1 amide bonds. The molecule has 144 valence electrons. The predicted molar refractivity (Wildman–Crippen MR) is 106 cm³/mol. The second kappa shape index (κ2) is 8.13. The molecule has 0 atom stereocenters. The van der Waals surface area contributed by atoms with E-state index in [2.05, 4.69) is 15.3 Å². The lowest BCUT2D eigenvalue weighted by molar-refractivity contribution is 0.0222. The Balaban J connectivity index is 1.57. The van der Waals surface area contributed by atoms with Crippen molar-refractivity contribution in [2.75, 3.05) is 18.4 Å². The van der Waals surface area contributed by atoms with Gasteiger partial charge in [0.2, 0.25) is 5.95 Å². The Labute approximate surface area is 164 Å². The molecule has 2 aromatic rings. The van der Waals surface area contributed by atoms with Crippen molar-refractivity contribution in [2.24, 2.45) is 0 Å². The molecule has 0 saturated heterocycles. The predicted octanol–water partition coefficient (Wildman–Crippen LogP) is 4.08. The summed E-state index contributed by atoms with van der Waals surface area (Å²) in [4.78, 5) is 22.9. The van der Waals surface area contributed by atoms with Crippen molar-refractivity contribution in [3.63, 3.8) is 0 Å². The molecule has 1 aliphatic rings. The van der Waals surface area contributed by atoms with Crippen LogP contribution in [0.5, 0.6) is 0 Å². The van der Waals surface area contributed by atoms with E-state index in [4.69, 9.17) is 16.3 Å². The zero-order valence-corrected chi connectivity index (χ0v) is 16.7. The van der Waals surface area contributed by atoms with Gasteiger partial charge in [0.1, 0.15) is 5.60 Å². The molecule has 0 unspecified atom stereocenters. The van der Waals surface area contributed by atoms with E-state index in [-0.39, 0.29) is 6.09 Å². The Bertz CT molecular complexity index is 820. The molecular weight excluding hydrogens is 364 g/mol. The van der Waals surface area contributed by atoms with Crippen LogP contribution >= 0.6 is 11.6 Å². The maximum atomic E-state index is 12.2. The van der Waals surface area contributed by atoms with Gasteiger partial charge < -0.3 is 15.0 Å². The summed E-state index contributed by atoms with van der Waals surface area (Å²) in [5.74, 6) is 0.603. The number of anilines is 1. The van der Waals surface area contributed by atoms with Crippen LogP contribution in [-0.2, 0) is 24.1 Å². The molecule has 3 rings (SSSR count). The van der Waals surface area contributed by atoms with Gasteiger partial charge in [-0.15, -0.1) is 0 Å². The summed E-state index contributed by atoms with van der Waals surface area (Å²) in [6, 6.07) is 7.81. The summed E-state index contributed by atoms with van der Waals surface area (Å²) in [6.45, 7) is 7.38. The van der Waals surface area contributed by atoms with Crippen LogP contribution in [0.1, 0.15) is 37.6 Å². The molecule has 0 aliphatic carbocycles. The standard InChI is InChI=1S/C20H25ClN4O2/c1-20(2,3)27-19(26)25-11-9-17-15(13-25)12-23-18(24-17)22-10-8-14-6-4-5-7-16(14)21/h4-7,12H,8-11,13H2,1-3H3,(H,22,23,24). The Hall–Kier alpha value is -2.34. The second-order valence-corrected chi connectivity index (χ2v) is 7.99. The van der Waals surface area contributed by atoms with Crippen molar-refractivity contribution in [3.8, 4) is 0 Å². The topological polar surface area (TPSA) is 67.3 Å². The summed E-state index contributed by atoms with van der Waals surface area (Å²) in [5.41, 5.74) is 2.54. The Kier molecular flexibility index (Phi) is 5.85. The Morgan fingerprint density at radius 3 is 2.85 bits per heavy atom. The molecule has 1 N–H and O–H groups in total. The van der Waals surface area contributed by atoms with E-state index in [9.17, 15) is 4.79 Å². The van der Waals surface area contributed by atoms with Crippen molar-refractivity contribution < 1.29 is 9.53 Å².